The van der Waals surface area contributed by atoms with Gasteiger partial charge in [0.1, 0.15) is 0 Å². The highest BCUT2D eigenvalue weighted by atomic mass is 16.3. The molecule has 2 N–H and O–H groups in total. The standard InChI is InChI=1S/C30H55NO2/c1-5-8-17-30(4,33)18-14-16-27-28-23-25(22-26(28)24-29(27)32)15-12-11-13-21-31(19-9-6-2)20-10-7-3/h14,16,22,26-29,32-33H,5-13,15,17-21,23-24H2,1-4H3/t26-,27+,28-,29+,30-/m0/s1. The molecule has 192 valence electrons. The summed E-state index contributed by atoms with van der Waals surface area (Å²) in [5, 5.41) is 21.2. The molecule has 0 bridgehead atoms. The van der Waals surface area contributed by atoms with Crippen molar-refractivity contribution in [1.29, 1.82) is 0 Å². The summed E-state index contributed by atoms with van der Waals surface area (Å²) in [5.74, 6) is 1.39. The second kappa shape index (κ2) is 15.4. The summed E-state index contributed by atoms with van der Waals surface area (Å²) in [6.07, 6.45) is 23.0. The van der Waals surface area contributed by atoms with Gasteiger partial charge in [-0.3, -0.25) is 0 Å². The van der Waals surface area contributed by atoms with Crippen molar-refractivity contribution in [3.8, 4) is 0 Å². The van der Waals surface area contributed by atoms with Gasteiger partial charge in [-0.15, -0.1) is 0 Å². The highest BCUT2D eigenvalue weighted by Gasteiger charge is 2.43. The van der Waals surface area contributed by atoms with Gasteiger partial charge in [-0.2, -0.15) is 0 Å². The molecular weight excluding hydrogens is 406 g/mol. The van der Waals surface area contributed by atoms with Gasteiger partial charge in [-0.25, -0.2) is 0 Å². The normalized spacial score (nSPS) is 26.8. The third kappa shape index (κ3) is 10.2. The number of aliphatic hydroxyl groups excluding tert-OH is 1. The lowest BCUT2D eigenvalue weighted by Crippen LogP contribution is -2.27. The molecule has 0 aromatic heterocycles. The van der Waals surface area contributed by atoms with Gasteiger partial charge in [0.05, 0.1) is 11.7 Å². The predicted molar refractivity (Wildman–Crippen MR) is 142 cm³/mol. The molecule has 0 aromatic rings. The lowest BCUT2D eigenvalue weighted by atomic mass is 9.87. The Balaban J connectivity index is 1.70. The Bertz CT molecular complexity index is 574. The molecule has 0 amide bonds. The van der Waals surface area contributed by atoms with Gasteiger partial charge in [0, 0.05) is 5.92 Å². The van der Waals surface area contributed by atoms with E-state index >= 15 is 0 Å². The molecule has 2 rings (SSSR count). The summed E-state index contributed by atoms with van der Waals surface area (Å²) in [4.78, 5) is 2.68. The first-order chi connectivity index (χ1) is 15.9. The summed E-state index contributed by atoms with van der Waals surface area (Å²) in [6, 6.07) is 0. The first-order valence-electron chi connectivity index (χ1n) is 14.4. The number of fused-ring (bicyclic) bond motifs is 1. The van der Waals surface area contributed by atoms with Crippen molar-refractivity contribution in [2.45, 2.75) is 129 Å². The molecule has 2 aliphatic rings. The van der Waals surface area contributed by atoms with Crippen LogP contribution < -0.4 is 0 Å². The van der Waals surface area contributed by atoms with Crippen molar-refractivity contribution in [2.75, 3.05) is 19.6 Å². The van der Waals surface area contributed by atoms with Crippen molar-refractivity contribution >= 4 is 0 Å². The SMILES string of the molecule is CCCCN(CCCC)CCCCCC1=C[C@H]2C[C@@H](O)[C@H](C=CC[C@@](C)(O)CCCC)[C@H]2C1. The summed E-state index contributed by atoms with van der Waals surface area (Å²) < 4.78 is 0. The molecule has 3 heteroatoms. The summed E-state index contributed by atoms with van der Waals surface area (Å²) in [7, 11) is 0. The van der Waals surface area contributed by atoms with Crippen molar-refractivity contribution in [1.82, 2.24) is 4.90 Å². The maximum atomic E-state index is 10.6. The summed E-state index contributed by atoms with van der Waals surface area (Å²) >= 11 is 0. The number of rotatable bonds is 18. The Labute approximate surface area is 205 Å². The third-order valence-electron chi connectivity index (χ3n) is 8.06. The van der Waals surface area contributed by atoms with Crippen LogP contribution in [0.5, 0.6) is 0 Å². The average molecular weight is 462 g/mol. The van der Waals surface area contributed by atoms with Crippen LogP contribution in [0.4, 0.5) is 0 Å². The topological polar surface area (TPSA) is 43.7 Å². The lowest BCUT2D eigenvalue weighted by Gasteiger charge is -2.22. The van der Waals surface area contributed by atoms with Gasteiger partial charge in [0.2, 0.25) is 0 Å². The second-order valence-electron chi connectivity index (χ2n) is 11.3. The van der Waals surface area contributed by atoms with Crippen LogP contribution in [0, 0.1) is 17.8 Å². The van der Waals surface area contributed by atoms with Gasteiger partial charge in [0.15, 0.2) is 0 Å². The van der Waals surface area contributed by atoms with E-state index in [1.54, 1.807) is 5.57 Å². The Morgan fingerprint density at radius 2 is 1.64 bits per heavy atom. The van der Waals surface area contributed by atoms with Crippen LogP contribution in [-0.2, 0) is 0 Å². The van der Waals surface area contributed by atoms with Crippen LogP contribution in [0.15, 0.2) is 23.8 Å². The zero-order valence-corrected chi connectivity index (χ0v) is 22.4. The van der Waals surface area contributed by atoms with Gasteiger partial charge < -0.3 is 15.1 Å². The maximum absolute atomic E-state index is 10.6. The molecule has 0 radical (unpaired) electrons. The Morgan fingerprint density at radius 1 is 0.970 bits per heavy atom. The fourth-order valence-corrected chi connectivity index (χ4v) is 5.89. The van der Waals surface area contributed by atoms with E-state index in [9.17, 15) is 10.2 Å². The number of hydrogen-bond donors (Lipinski definition) is 2. The molecule has 0 saturated heterocycles. The first-order valence-corrected chi connectivity index (χ1v) is 14.4. The van der Waals surface area contributed by atoms with E-state index in [1.165, 1.54) is 77.4 Å². The van der Waals surface area contributed by atoms with E-state index in [-0.39, 0.29) is 12.0 Å². The molecule has 5 atom stereocenters. The highest BCUT2D eigenvalue weighted by Crippen LogP contribution is 2.48. The minimum atomic E-state index is -0.614. The van der Waals surface area contributed by atoms with Crippen LogP contribution in [0.1, 0.15) is 118 Å². The fraction of sp³-hybridized carbons (Fsp3) is 0.867. The number of allylic oxidation sites excluding steroid dienone is 2. The van der Waals surface area contributed by atoms with Crippen molar-refractivity contribution in [3.63, 3.8) is 0 Å². The zero-order chi connectivity index (χ0) is 24.1. The number of hydrogen-bond acceptors (Lipinski definition) is 3. The Morgan fingerprint density at radius 3 is 2.30 bits per heavy atom. The van der Waals surface area contributed by atoms with E-state index in [1.807, 2.05) is 6.92 Å². The van der Waals surface area contributed by atoms with Gasteiger partial charge in [-0.1, -0.05) is 76.7 Å². The van der Waals surface area contributed by atoms with Gasteiger partial charge in [-0.05, 0) is 96.2 Å². The third-order valence-corrected chi connectivity index (χ3v) is 8.06. The van der Waals surface area contributed by atoms with Crippen molar-refractivity contribution in [2.24, 2.45) is 17.8 Å². The van der Waals surface area contributed by atoms with Crippen LogP contribution in [-0.4, -0.2) is 46.5 Å². The highest BCUT2D eigenvalue weighted by molar-refractivity contribution is 5.20. The molecule has 1 fully saturated rings. The molecule has 0 aromatic carbocycles. The fourth-order valence-electron chi connectivity index (χ4n) is 5.89. The minimum Gasteiger partial charge on any atom is -0.392 e. The quantitative estimate of drug-likeness (QED) is 0.166. The minimum absolute atomic E-state index is 0.216. The number of nitrogens with zero attached hydrogens (tertiary/aromatic N) is 1. The maximum Gasteiger partial charge on any atom is 0.0654 e. The largest absolute Gasteiger partial charge is 0.392 e. The molecule has 3 nitrogen and oxygen atoms in total. The van der Waals surface area contributed by atoms with Crippen LogP contribution >= 0.6 is 0 Å². The second-order valence-corrected chi connectivity index (χ2v) is 11.3. The lowest BCUT2D eigenvalue weighted by molar-refractivity contribution is 0.0513. The smallest absolute Gasteiger partial charge is 0.0654 e. The summed E-state index contributed by atoms with van der Waals surface area (Å²) in [5.41, 5.74) is 1.02. The molecule has 33 heavy (non-hydrogen) atoms. The monoisotopic (exact) mass is 461 g/mol. The molecular formula is C30H55NO2. The predicted octanol–water partition coefficient (Wildman–Crippen LogP) is 7.28. The number of aliphatic hydroxyl groups is 2. The van der Waals surface area contributed by atoms with Gasteiger partial charge >= 0.3 is 0 Å². The molecule has 0 heterocycles. The van der Waals surface area contributed by atoms with Crippen molar-refractivity contribution in [3.05, 3.63) is 23.8 Å². The Kier molecular flexibility index (Phi) is 13.3. The molecule has 0 unspecified atom stereocenters. The first kappa shape index (κ1) is 28.6. The van der Waals surface area contributed by atoms with E-state index in [0.29, 0.717) is 18.3 Å². The van der Waals surface area contributed by atoms with Crippen LogP contribution in [0.25, 0.3) is 0 Å². The van der Waals surface area contributed by atoms with Crippen LogP contribution in [0.2, 0.25) is 0 Å². The van der Waals surface area contributed by atoms with E-state index < -0.39 is 5.60 Å². The van der Waals surface area contributed by atoms with Crippen molar-refractivity contribution < 1.29 is 10.2 Å². The van der Waals surface area contributed by atoms with Crippen LogP contribution in [0.3, 0.4) is 0 Å². The number of unbranched alkanes of at least 4 members (excludes halogenated alkanes) is 5. The molecule has 2 aliphatic carbocycles. The zero-order valence-electron chi connectivity index (χ0n) is 22.4. The summed E-state index contributed by atoms with van der Waals surface area (Å²) in [6.45, 7) is 12.5. The Hall–Kier alpha value is -0.640. The van der Waals surface area contributed by atoms with E-state index in [0.717, 1.165) is 25.7 Å². The van der Waals surface area contributed by atoms with E-state index in [4.69, 9.17) is 0 Å². The molecule has 0 spiro atoms. The molecule has 0 aliphatic heterocycles. The van der Waals surface area contributed by atoms with Gasteiger partial charge in [0.25, 0.3) is 0 Å². The average Bonchev–Trinajstić information content (AvgIpc) is 3.30. The van der Waals surface area contributed by atoms with E-state index in [2.05, 4.69) is 43.9 Å². The molecule has 1 saturated carbocycles.